The smallest absolute Gasteiger partial charge is 0.509 e. The summed E-state index contributed by atoms with van der Waals surface area (Å²) in [4.78, 5) is 4.97. The van der Waals surface area contributed by atoms with Crippen LogP contribution in [-0.4, -0.2) is 19.3 Å². The first kappa shape index (κ1) is 34.9. The van der Waals surface area contributed by atoms with Gasteiger partial charge in [0.2, 0.25) is 0 Å². The molecule has 0 N–H and O–H groups in total. The molecule has 0 aliphatic rings. The molecule has 4 aromatic heterocycles. The van der Waals surface area contributed by atoms with E-state index in [-0.39, 0.29) is 26.5 Å². The van der Waals surface area contributed by atoms with Crippen LogP contribution in [0.5, 0.6) is 11.5 Å². The third-order valence-corrected chi connectivity index (χ3v) is 11.2. The van der Waals surface area contributed by atoms with E-state index in [1.807, 2.05) is 70.7 Å². The maximum Gasteiger partial charge on any atom is 2.00 e. The summed E-state index contributed by atoms with van der Waals surface area (Å²) in [5.41, 5.74) is 8.09. The third kappa shape index (κ3) is 6.16. The molecule has 0 radical (unpaired) electrons. The van der Waals surface area contributed by atoms with E-state index < -0.39 is 0 Å². The monoisotopic (exact) mass is 909 g/mol. The van der Waals surface area contributed by atoms with E-state index in [1.54, 1.807) is 0 Å². The van der Waals surface area contributed by atoms with E-state index in [1.165, 1.54) is 25.7 Å². The van der Waals surface area contributed by atoms with Crippen LogP contribution in [0.25, 0.3) is 75.9 Å². The first-order chi connectivity index (χ1) is 26.4. The van der Waals surface area contributed by atoms with Crippen LogP contribution in [0.1, 0.15) is 26.3 Å². The fourth-order valence-corrected chi connectivity index (χ4v) is 8.50. The van der Waals surface area contributed by atoms with Crippen molar-refractivity contribution in [1.29, 1.82) is 0 Å². The van der Waals surface area contributed by atoms with Gasteiger partial charge in [-0.1, -0.05) is 111 Å². The van der Waals surface area contributed by atoms with Gasteiger partial charge in [0, 0.05) is 55.2 Å². The number of pyridine rings is 1. The number of fused-ring (bicyclic) bond motifs is 7. The Morgan fingerprint density at radius 3 is 2.18 bits per heavy atom. The molecular formula is C48H34N4OPtS. The Kier molecular flexibility index (Phi) is 8.76. The van der Waals surface area contributed by atoms with Gasteiger partial charge in [-0.3, -0.25) is 4.68 Å². The fourth-order valence-electron chi connectivity index (χ4n) is 7.40. The van der Waals surface area contributed by atoms with Crippen LogP contribution < -0.4 is 4.74 Å². The molecule has 0 atom stereocenters. The Morgan fingerprint density at radius 2 is 1.38 bits per heavy atom. The van der Waals surface area contributed by atoms with E-state index in [9.17, 15) is 0 Å². The van der Waals surface area contributed by atoms with Gasteiger partial charge in [0.1, 0.15) is 11.5 Å². The van der Waals surface area contributed by atoms with Crippen LogP contribution in [0.2, 0.25) is 0 Å². The number of nitrogens with zero attached hydrogens (tertiary/aromatic N) is 4. The summed E-state index contributed by atoms with van der Waals surface area (Å²) < 4.78 is 13.2. The summed E-state index contributed by atoms with van der Waals surface area (Å²) in [5, 5.41) is 9.78. The minimum atomic E-state index is -0.0437. The van der Waals surface area contributed by atoms with Crippen molar-refractivity contribution in [1.82, 2.24) is 19.3 Å². The molecule has 4 heterocycles. The Hall–Kier alpha value is -5.81. The first-order valence-corrected chi connectivity index (χ1v) is 18.9. The molecule has 0 aliphatic carbocycles. The average Bonchev–Trinajstić information content (AvgIpc) is 3.91. The van der Waals surface area contributed by atoms with Crippen molar-refractivity contribution < 1.29 is 25.8 Å². The minimum Gasteiger partial charge on any atom is -0.509 e. The summed E-state index contributed by atoms with van der Waals surface area (Å²) in [6, 6.07) is 55.3. The molecule has 268 valence electrons. The normalized spacial score (nSPS) is 11.8. The molecule has 0 amide bonds. The van der Waals surface area contributed by atoms with Crippen LogP contribution >= 0.6 is 11.3 Å². The molecule has 10 rings (SSSR count). The topological polar surface area (TPSA) is 44.9 Å². The largest absolute Gasteiger partial charge is 2.00 e. The molecule has 7 heteroatoms. The molecule has 0 bridgehead atoms. The second-order valence-corrected chi connectivity index (χ2v) is 15.7. The summed E-state index contributed by atoms with van der Waals surface area (Å²) in [7, 11) is 0. The molecule has 0 unspecified atom stereocenters. The van der Waals surface area contributed by atoms with Gasteiger partial charge in [-0.15, -0.1) is 47.1 Å². The van der Waals surface area contributed by atoms with Crippen molar-refractivity contribution in [3.63, 3.8) is 0 Å². The first-order valence-electron chi connectivity index (χ1n) is 18.1. The van der Waals surface area contributed by atoms with Gasteiger partial charge >= 0.3 is 21.1 Å². The predicted octanol–water partition coefficient (Wildman–Crippen LogP) is 12.8. The van der Waals surface area contributed by atoms with Crippen LogP contribution in [0.3, 0.4) is 0 Å². The minimum absolute atomic E-state index is 0. The summed E-state index contributed by atoms with van der Waals surface area (Å²) in [6.07, 6.45) is 3.99. The average molecular weight is 910 g/mol. The van der Waals surface area contributed by atoms with Gasteiger partial charge in [-0.2, -0.15) is 17.2 Å². The molecular weight excluding hydrogens is 876 g/mol. The maximum absolute atomic E-state index is 6.58. The second-order valence-electron chi connectivity index (χ2n) is 14.6. The third-order valence-electron chi connectivity index (χ3n) is 10.1. The summed E-state index contributed by atoms with van der Waals surface area (Å²) in [5.74, 6) is 2.02. The van der Waals surface area contributed by atoms with Gasteiger partial charge in [-0.05, 0) is 51.9 Å². The molecule has 0 spiro atoms. The quantitative estimate of drug-likeness (QED) is 0.156. The van der Waals surface area contributed by atoms with Gasteiger partial charge in [0.25, 0.3) is 0 Å². The Morgan fingerprint density at radius 1 is 0.655 bits per heavy atom. The van der Waals surface area contributed by atoms with Crippen molar-refractivity contribution in [2.75, 3.05) is 0 Å². The zero-order valence-electron chi connectivity index (χ0n) is 30.4. The van der Waals surface area contributed by atoms with Crippen molar-refractivity contribution >= 4 is 53.3 Å². The second kappa shape index (κ2) is 13.8. The molecule has 5 nitrogen and oxygen atoms in total. The van der Waals surface area contributed by atoms with Crippen LogP contribution in [-0.2, 0) is 26.5 Å². The van der Waals surface area contributed by atoms with Gasteiger partial charge in [-0.25, -0.2) is 4.98 Å². The van der Waals surface area contributed by atoms with E-state index in [2.05, 4.69) is 135 Å². The van der Waals surface area contributed by atoms with Crippen LogP contribution in [0.4, 0.5) is 0 Å². The molecule has 0 saturated heterocycles. The molecule has 10 aromatic rings. The molecule has 0 fully saturated rings. The fraction of sp³-hybridized carbons (Fsp3) is 0.0833. The maximum atomic E-state index is 6.58. The number of ether oxygens (including phenoxy) is 1. The van der Waals surface area contributed by atoms with Crippen molar-refractivity contribution in [2.24, 2.45) is 0 Å². The predicted molar refractivity (Wildman–Crippen MR) is 222 cm³/mol. The number of aromatic nitrogens is 4. The molecule has 0 aliphatic heterocycles. The number of benzene rings is 6. The zero-order valence-corrected chi connectivity index (χ0v) is 33.4. The van der Waals surface area contributed by atoms with Gasteiger partial charge < -0.3 is 9.30 Å². The Labute approximate surface area is 337 Å². The number of thiophene rings is 1. The van der Waals surface area contributed by atoms with E-state index in [0.717, 1.165) is 55.7 Å². The zero-order chi connectivity index (χ0) is 36.4. The van der Waals surface area contributed by atoms with Crippen molar-refractivity contribution in [3.8, 4) is 45.4 Å². The molecule has 0 saturated carbocycles. The number of hydrogen-bond acceptors (Lipinski definition) is 4. The summed E-state index contributed by atoms with van der Waals surface area (Å²) in [6.45, 7) is 6.71. The SMILES string of the molecule is CC(C)(C)c1ccnc(-n2c3[c-]c(Oc4[c-]c(-n5cc(-c6ccccc6)c(-c6ccccc6)n5)ccc4)ccc3c3ccc4sc5ccccc5c4c32)c1.[Pt+2]. The standard InChI is InChI=1S/C48H34N4OS.Pt/c1-48(2,3)33-25-26-49-44(27-33)52-41-29-36(21-22-37(41)38-23-24-43-45(47(38)52)39-19-10-11-20-42(39)54-43)53-35-18-12-17-34(28-35)51-30-40(31-13-6-4-7-14-31)46(50-51)32-15-8-5-9-16-32;/h4-27,30H,1-3H3;/q-2;+2. The van der Waals surface area contributed by atoms with Gasteiger partial charge in [0.15, 0.2) is 0 Å². The molecule has 55 heavy (non-hydrogen) atoms. The Bertz CT molecular complexity index is 2950. The van der Waals surface area contributed by atoms with Crippen molar-refractivity contribution in [3.05, 3.63) is 170 Å². The summed E-state index contributed by atoms with van der Waals surface area (Å²) >= 11 is 1.82. The Balaban J connectivity index is 0.00000397. The van der Waals surface area contributed by atoms with E-state index in [4.69, 9.17) is 14.8 Å². The van der Waals surface area contributed by atoms with E-state index >= 15 is 0 Å². The van der Waals surface area contributed by atoms with Gasteiger partial charge in [0.05, 0.1) is 5.52 Å². The number of hydrogen-bond donors (Lipinski definition) is 0. The van der Waals surface area contributed by atoms with Crippen LogP contribution in [0, 0.1) is 12.1 Å². The van der Waals surface area contributed by atoms with E-state index in [0.29, 0.717) is 11.5 Å². The molecule has 6 aromatic carbocycles. The number of rotatable bonds is 6. The van der Waals surface area contributed by atoms with Crippen molar-refractivity contribution in [2.45, 2.75) is 26.2 Å². The van der Waals surface area contributed by atoms with Crippen LogP contribution in [0.15, 0.2) is 152 Å².